The van der Waals surface area contributed by atoms with Crippen molar-refractivity contribution >= 4 is 0 Å². The third-order valence-electron chi connectivity index (χ3n) is 4.33. The normalized spacial score (nSPS) is 26.9. The first-order valence-corrected chi connectivity index (χ1v) is 6.95. The lowest BCUT2D eigenvalue weighted by Gasteiger charge is -2.47. The van der Waals surface area contributed by atoms with Crippen molar-refractivity contribution in [2.24, 2.45) is 5.41 Å². The molecule has 1 N–H and O–H groups in total. The molecule has 1 unspecified atom stereocenters. The van der Waals surface area contributed by atoms with E-state index in [1.165, 1.54) is 6.42 Å². The molecule has 100 valence electrons. The fourth-order valence-electron chi connectivity index (χ4n) is 3.04. The Bertz CT molecular complexity index is 411. The van der Waals surface area contributed by atoms with E-state index in [2.05, 4.69) is 13.8 Å². The lowest BCUT2D eigenvalue weighted by atomic mass is 9.62. The molecule has 0 aliphatic heterocycles. The van der Waals surface area contributed by atoms with Crippen molar-refractivity contribution in [3.8, 4) is 5.75 Å². The summed E-state index contributed by atoms with van der Waals surface area (Å²) in [7, 11) is 0. The summed E-state index contributed by atoms with van der Waals surface area (Å²) in [6.45, 7) is 6.97. The van der Waals surface area contributed by atoms with Gasteiger partial charge >= 0.3 is 0 Å². The zero-order chi connectivity index (χ0) is 13.2. The zero-order valence-electron chi connectivity index (χ0n) is 11.7. The van der Waals surface area contributed by atoms with Crippen LogP contribution in [-0.4, -0.2) is 11.7 Å². The van der Waals surface area contributed by atoms with Crippen LogP contribution in [-0.2, 0) is 5.60 Å². The maximum absolute atomic E-state index is 11.1. The van der Waals surface area contributed by atoms with Crippen molar-refractivity contribution in [1.82, 2.24) is 0 Å². The van der Waals surface area contributed by atoms with Gasteiger partial charge in [-0.1, -0.05) is 38.8 Å². The topological polar surface area (TPSA) is 29.5 Å². The summed E-state index contributed by atoms with van der Waals surface area (Å²) in [5, 5.41) is 11.1. The second kappa shape index (κ2) is 4.93. The zero-order valence-corrected chi connectivity index (χ0v) is 11.7. The highest BCUT2D eigenvalue weighted by Gasteiger charge is 2.46. The average molecular weight is 248 g/mol. The smallest absolute Gasteiger partial charge is 0.119 e. The fraction of sp³-hybridized carbons (Fsp3) is 0.625. The lowest BCUT2D eigenvalue weighted by molar-refractivity contribution is -0.104. The Morgan fingerprint density at radius 3 is 2.61 bits per heavy atom. The Hall–Kier alpha value is -1.02. The average Bonchev–Trinajstić information content (AvgIpc) is 2.34. The second-order valence-electron chi connectivity index (χ2n) is 5.91. The summed E-state index contributed by atoms with van der Waals surface area (Å²) in [6.07, 6.45) is 4.22. The van der Waals surface area contributed by atoms with Crippen molar-refractivity contribution in [3.05, 3.63) is 29.8 Å². The number of hydrogen-bond donors (Lipinski definition) is 1. The van der Waals surface area contributed by atoms with Crippen LogP contribution in [0.25, 0.3) is 0 Å². The number of aliphatic hydroxyl groups is 1. The summed E-state index contributed by atoms with van der Waals surface area (Å²) >= 11 is 0. The molecule has 2 nitrogen and oxygen atoms in total. The highest BCUT2D eigenvalue weighted by atomic mass is 16.5. The monoisotopic (exact) mass is 248 g/mol. The largest absolute Gasteiger partial charge is 0.494 e. The molecule has 0 saturated heterocycles. The van der Waals surface area contributed by atoms with Gasteiger partial charge in [0, 0.05) is 0 Å². The van der Waals surface area contributed by atoms with Crippen LogP contribution in [0.2, 0.25) is 0 Å². The van der Waals surface area contributed by atoms with Crippen LogP contribution < -0.4 is 4.74 Å². The van der Waals surface area contributed by atoms with Gasteiger partial charge in [0.15, 0.2) is 0 Å². The molecule has 0 heterocycles. The number of ether oxygens (including phenoxy) is 1. The van der Waals surface area contributed by atoms with E-state index in [1.807, 2.05) is 31.2 Å². The molecule has 1 fully saturated rings. The first-order chi connectivity index (χ1) is 8.49. The molecule has 18 heavy (non-hydrogen) atoms. The van der Waals surface area contributed by atoms with E-state index in [1.54, 1.807) is 0 Å². The van der Waals surface area contributed by atoms with Crippen LogP contribution in [0.5, 0.6) is 5.75 Å². The molecule has 1 aliphatic carbocycles. The molecule has 0 aromatic heterocycles. The van der Waals surface area contributed by atoms with Gasteiger partial charge in [0.2, 0.25) is 0 Å². The molecule has 1 aliphatic rings. The Morgan fingerprint density at radius 2 is 1.94 bits per heavy atom. The van der Waals surface area contributed by atoms with Crippen molar-refractivity contribution in [2.75, 3.05) is 6.61 Å². The van der Waals surface area contributed by atoms with Gasteiger partial charge < -0.3 is 9.84 Å². The molecule has 0 radical (unpaired) electrons. The van der Waals surface area contributed by atoms with Crippen LogP contribution in [0.1, 0.15) is 52.0 Å². The van der Waals surface area contributed by atoms with Gasteiger partial charge in [0.1, 0.15) is 5.75 Å². The quantitative estimate of drug-likeness (QED) is 0.879. The van der Waals surface area contributed by atoms with E-state index in [9.17, 15) is 5.11 Å². The molecule has 2 rings (SSSR count). The molecule has 2 heteroatoms. The van der Waals surface area contributed by atoms with Crippen LogP contribution in [0.15, 0.2) is 24.3 Å². The van der Waals surface area contributed by atoms with Crippen molar-refractivity contribution in [2.45, 2.75) is 52.1 Å². The predicted molar refractivity (Wildman–Crippen MR) is 73.8 cm³/mol. The summed E-state index contributed by atoms with van der Waals surface area (Å²) in [5.41, 5.74) is 0.201. The molecule has 1 saturated carbocycles. The third kappa shape index (κ3) is 2.26. The SMILES string of the molecule is CCOc1cccc(C2(O)CCCCC2(C)C)c1. The number of hydrogen-bond acceptors (Lipinski definition) is 2. The van der Waals surface area contributed by atoms with Crippen molar-refractivity contribution in [1.29, 1.82) is 0 Å². The summed E-state index contributed by atoms with van der Waals surface area (Å²) in [4.78, 5) is 0. The minimum atomic E-state index is -0.724. The molecular formula is C16H24O2. The van der Waals surface area contributed by atoms with Crippen molar-refractivity contribution in [3.63, 3.8) is 0 Å². The maximum Gasteiger partial charge on any atom is 0.119 e. The molecular weight excluding hydrogens is 224 g/mol. The van der Waals surface area contributed by atoms with E-state index in [4.69, 9.17) is 4.74 Å². The van der Waals surface area contributed by atoms with E-state index in [0.29, 0.717) is 6.61 Å². The second-order valence-corrected chi connectivity index (χ2v) is 5.91. The summed E-state index contributed by atoms with van der Waals surface area (Å²) in [5.74, 6) is 0.852. The Balaban J connectivity index is 2.36. The third-order valence-corrected chi connectivity index (χ3v) is 4.33. The van der Waals surface area contributed by atoms with Crippen LogP contribution in [0.4, 0.5) is 0 Å². The molecule has 0 amide bonds. The van der Waals surface area contributed by atoms with Crippen molar-refractivity contribution < 1.29 is 9.84 Å². The number of rotatable bonds is 3. The van der Waals surface area contributed by atoms with Crippen LogP contribution in [0.3, 0.4) is 0 Å². The summed E-state index contributed by atoms with van der Waals surface area (Å²) < 4.78 is 5.54. The van der Waals surface area contributed by atoms with Gasteiger partial charge in [-0.05, 0) is 42.9 Å². The molecule has 0 bridgehead atoms. The fourth-order valence-corrected chi connectivity index (χ4v) is 3.04. The standard InChI is InChI=1S/C16H24O2/c1-4-18-14-9-7-8-13(12-14)16(17)11-6-5-10-15(16,2)3/h7-9,12,17H,4-6,10-11H2,1-3H3. The maximum atomic E-state index is 11.1. The summed E-state index contributed by atoms with van der Waals surface area (Å²) in [6, 6.07) is 7.95. The Kier molecular flexibility index (Phi) is 3.67. The van der Waals surface area contributed by atoms with Gasteiger partial charge in [0.25, 0.3) is 0 Å². The minimum Gasteiger partial charge on any atom is -0.494 e. The minimum absolute atomic E-state index is 0.0733. The Labute approximate surface area is 110 Å². The first-order valence-electron chi connectivity index (χ1n) is 6.95. The van der Waals surface area contributed by atoms with Gasteiger partial charge in [-0.15, -0.1) is 0 Å². The molecule has 1 aromatic rings. The van der Waals surface area contributed by atoms with E-state index < -0.39 is 5.60 Å². The molecule has 0 spiro atoms. The lowest BCUT2D eigenvalue weighted by Crippen LogP contribution is -2.44. The highest BCUT2D eigenvalue weighted by Crippen LogP contribution is 2.50. The van der Waals surface area contributed by atoms with Gasteiger partial charge in [0.05, 0.1) is 12.2 Å². The number of benzene rings is 1. The Morgan fingerprint density at radius 1 is 1.22 bits per heavy atom. The predicted octanol–water partition coefficient (Wildman–Crippen LogP) is 3.87. The molecule has 1 atom stereocenters. The van der Waals surface area contributed by atoms with Gasteiger partial charge in [-0.3, -0.25) is 0 Å². The van der Waals surface area contributed by atoms with Crippen LogP contribution in [0, 0.1) is 5.41 Å². The van der Waals surface area contributed by atoms with Crippen LogP contribution >= 0.6 is 0 Å². The van der Waals surface area contributed by atoms with E-state index in [0.717, 1.165) is 30.6 Å². The van der Waals surface area contributed by atoms with E-state index >= 15 is 0 Å². The van der Waals surface area contributed by atoms with E-state index in [-0.39, 0.29) is 5.41 Å². The van der Waals surface area contributed by atoms with Gasteiger partial charge in [-0.2, -0.15) is 0 Å². The highest BCUT2D eigenvalue weighted by molar-refractivity contribution is 5.34. The van der Waals surface area contributed by atoms with Gasteiger partial charge in [-0.25, -0.2) is 0 Å². The first kappa shape index (κ1) is 13.4. The molecule has 1 aromatic carbocycles.